The third-order valence-electron chi connectivity index (χ3n) is 3.66. The van der Waals surface area contributed by atoms with Gasteiger partial charge in [-0.2, -0.15) is 13.2 Å². The minimum absolute atomic E-state index is 0.0307. The molecule has 6 nitrogen and oxygen atoms in total. The highest BCUT2D eigenvalue weighted by molar-refractivity contribution is 7.16. The van der Waals surface area contributed by atoms with E-state index >= 15 is 0 Å². The van der Waals surface area contributed by atoms with Crippen molar-refractivity contribution < 1.29 is 23.1 Å². The van der Waals surface area contributed by atoms with Crippen LogP contribution in [0.3, 0.4) is 0 Å². The summed E-state index contributed by atoms with van der Waals surface area (Å²) in [4.78, 5) is 26.2. The van der Waals surface area contributed by atoms with Crippen LogP contribution in [-0.2, 0) is 17.9 Å². The lowest BCUT2D eigenvalue weighted by atomic mass is 10.2. The monoisotopic (exact) mass is 501 g/mol. The number of fused-ring (bicyclic) bond motifs is 1. The highest BCUT2D eigenvalue weighted by Crippen LogP contribution is 2.31. The van der Waals surface area contributed by atoms with Gasteiger partial charge in [-0.15, -0.1) is 11.3 Å². The van der Waals surface area contributed by atoms with Gasteiger partial charge in [-0.1, -0.05) is 34.8 Å². The van der Waals surface area contributed by atoms with Crippen molar-refractivity contribution in [2.24, 2.45) is 0 Å². The van der Waals surface area contributed by atoms with Crippen LogP contribution >= 0.6 is 46.1 Å². The lowest BCUT2D eigenvalue weighted by Crippen LogP contribution is -2.27. The number of carboxylic acids is 1. The molecule has 2 aromatic heterocycles. The van der Waals surface area contributed by atoms with Crippen molar-refractivity contribution in [3.63, 3.8) is 0 Å². The number of halogens is 6. The fourth-order valence-corrected chi connectivity index (χ4v) is 3.60. The Bertz CT molecular complexity index is 1100. The van der Waals surface area contributed by atoms with E-state index in [9.17, 15) is 18.0 Å². The van der Waals surface area contributed by atoms with E-state index in [0.717, 1.165) is 10.4 Å². The molecule has 0 atom stereocenters. The topological polar surface area (TPSA) is 84.2 Å². The summed E-state index contributed by atoms with van der Waals surface area (Å²) in [6, 6.07) is 5.17. The molecule has 30 heavy (non-hydrogen) atoms. The Labute approximate surface area is 186 Å². The van der Waals surface area contributed by atoms with E-state index in [4.69, 9.17) is 44.7 Å². The van der Waals surface area contributed by atoms with Crippen LogP contribution in [0.2, 0.25) is 15.1 Å². The molecule has 3 rings (SSSR count). The van der Waals surface area contributed by atoms with E-state index in [1.165, 1.54) is 11.3 Å². The van der Waals surface area contributed by atoms with Gasteiger partial charge in [-0.25, -0.2) is 9.78 Å². The maximum Gasteiger partial charge on any atom is 0.490 e. The lowest BCUT2D eigenvalue weighted by molar-refractivity contribution is -0.192. The van der Waals surface area contributed by atoms with E-state index in [2.05, 4.69) is 10.3 Å². The van der Waals surface area contributed by atoms with Crippen molar-refractivity contribution in [1.29, 1.82) is 0 Å². The molecule has 0 aliphatic rings. The fraction of sp³-hybridized carbons (Fsp3) is 0.235. The van der Waals surface area contributed by atoms with Crippen LogP contribution in [0, 0.1) is 0 Å². The number of hydrogen-bond acceptors (Lipinski definition) is 5. The number of rotatable bonds is 5. The summed E-state index contributed by atoms with van der Waals surface area (Å²) in [5, 5.41) is 14.3. The van der Waals surface area contributed by atoms with E-state index < -0.39 is 12.1 Å². The summed E-state index contributed by atoms with van der Waals surface area (Å²) < 4.78 is 33.3. The van der Waals surface area contributed by atoms with Gasteiger partial charge in [0.05, 0.1) is 21.8 Å². The maximum atomic E-state index is 12.2. The maximum absolute atomic E-state index is 12.2. The average molecular weight is 503 g/mol. The number of aromatic nitrogens is 2. The Kier molecular flexibility index (Phi) is 8.51. The number of aliphatic carboxylic acids is 1. The van der Waals surface area contributed by atoms with E-state index in [1.54, 1.807) is 29.1 Å². The van der Waals surface area contributed by atoms with Crippen molar-refractivity contribution in [3.8, 4) is 0 Å². The molecule has 162 valence electrons. The van der Waals surface area contributed by atoms with Crippen LogP contribution in [0.1, 0.15) is 5.56 Å². The predicted octanol–water partition coefficient (Wildman–Crippen LogP) is 4.84. The lowest BCUT2D eigenvalue weighted by Gasteiger charge is -2.10. The van der Waals surface area contributed by atoms with E-state index in [0.29, 0.717) is 40.1 Å². The van der Waals surface area contributed by atoms with Crippen LogP contribution in [0.15, 0.2) is 34.7 Å². The molecule has 0 saturated carbocycles. The highest BCUT2D eigenvalue weighted by atomic mass is 35.5. The first-order valence-corrected chi connectivity index (χ1v) is 10.1. The quantitative estimate of drug-likeness (QED) is 0.385. The number of nitrogens with one attached hydrogen (secondary N) is 1. The van der Waals surface area contributed by atoms with Crippen LogP contribution in [0.25, 0.3) is 10.2 Å². The van der Waals surface area contributed by atoms with Crippen molar-refractivity contribution in [3.05, 3.63) is 60.9 Å². The Morgan fingerprint density at radius 2 is 1.83 bits per heavy atom. The van der Waals surface area contributed by atoms with Crippen molar-refractivity contribution in [2.75, 3.05) is 6.54 Å². The van der Waals surface area contributed by atoms with Crippen LogP contribution in [0.4, 0.5) is 13.2 Å². The largest absolute Gasteiger partial charge is 0.490 e. The molecular weight excluding hydrogens is 490 g/mol. The Balaban J connectivity index is 0.000000396. The first-order valence-electron chi connectivity index (χ1n) is 8.08. The minimum Gasteiger partial charge on any atom is -0.475 e. The number of hydrogen-bond donors (Lipinski definition) is 2. The Morgan fingerprint density at radius 1 is 1.20 bits per heavy atom. The Morgan fingerprint density at radius 3 is 2.47 bits per heavy atom. The average Bonchev–Trinajstić information content (AvgIpc) is 3.15. The summed E-state index contributed by atoms with van der Waals surface area (Å²) in [6.07, 6.45) is -3.51. The molecule has 3 aromatic rings. The molecule has 0 amide bonds. The second kappa shape index (κ2) is 10.5. The van der Waals surface area contributed by atoms with Gasteiger partial charge in [0.2, 0.25) is 0 Å². The second-order valence-corrected chi connectivity index (χ2v) is 7.77. The number of carbonyl (C=O) groups is 1. The standard InChI is InChI=1S/C15H12Cl3N3OS.C2HF3O2/c16-11-1-2-12(17)13(18)10(11)7-19-4-5-21-8-20-14-9(15(21)22)3-6-23-14;3-2(4,5)1(6)7/h1-3,6,8,19H,4-5,7H2;(H,6,7). The summed E-state index contributed by atoms with van der Waals surface area (Å²) in [5.74, 6) is -2.76. The molecule has 1 aromatic carbocycles. The molecule has 0 aliphatic heterocycles. The highest BCUT2D eigenvalue weighted by Gasteiger charge is 2.38. The molecule has 13 heteroatoms. The van der Waals surface area contributed by atoms with Crippen LogP contribution < -0.4 is 10.9 Å². The summed E-state index contributed by atoms with van der Waals surface area (Å²) >= 11 is 19.7. The zero-order chi connectivity index (χ0) is 22.5. The van der Waals surface area contributed by atoms with Gasteiger partial charge in [0, 0.05) is 30.2 Å². The number of carboxylic acid groups (broad SMARTS) is 1. The van der Waals surface area contributed by atoms with Gasteiger partial charge in [0.15, 0.2) is 0 Å². The third kappa shape index (κ3) is 6.32. The molecule has 0 saturated heterocycles. The summed E-state index contributed by atoms with van der Waals surface area (Å²) in [7, 11) is 0. The molecule has 0 spiro atoms. The van der Waals surface area contributed by atoms with Gasteiger partial charge < -0.3 is 10.4 Å². The summed E-state index contributed by atoms with van der Waals surface area (Å²) in [5.41, 5.74) is 0.719. The smallest absolute Gasteiger partial charge is 0.475 e. The minimum atomic E-state index is -5.08. The van der Waals surface area contributed by atoms with Crippen LogP contribution in [-0.4, -0.2) is 33.3 Å². The molecule has 0 radical (unpaired) electrons. The van der Waals surface area contributed by atoms with Crippen molar-refractivity contribution in [1.82, 2.24) is 14.9 Å². The number of alkyl halides is 3. The molecule has 0 bridgehead atoms. The molecule has 0 unspecified atom stereocenters. The zero-order valence-electron chi connectivity index (χ0n) is 14.8. The first-order chi connectivity index (χ1) is 14.0. The molecular formula is C17H13Cl3F3N3O3S. The predicted molar refractivity (Wildman–Crippen MR) is 111 cm³/mol. The SMILES string of the molecule is O=C(O)C(F)(F)F.O=c1c2ccsc2ncn1CCNCc1c(Cl)ccc(Cl)c1Cl. The molecule has 2 heterocycles. The van der Waals surface area contributed by atoms with Crippen molar-refractivity contribution in [2.45, 2.75) is 19.3 Å². The summed E-state index contributed by atoms with van der Waals surface area (Å²) in [6.45, 7) is 1.56. The Hall–Kier alpha value is -1.85. The van der Waals surface area contributed by atoms with Crippen LogP contribution in [0.5, 0.6) is 0 Å². The zero-order valence-corrected chi connectivity index (χ0v) is 17.9. The van der Waals surface area contributed by atoms with Gasteiger partial charge in [-0.3, -0.25) is 9.36 Å². The normalized spacial score (nSPS) is 11.3. The molecule has 2 N–H and O–H groups in total. The van der Waals surface area contributed by atoms with Gasteiger partial charge >= 0.3 is 12.1 Å². The van der Waals surface area contributed by atoms with Crippen molar-refractivity contribution >= 4 is 62.3 Å². The second-order valence-electron chi connectivity index (χ2n) is 5.68. The van der Waals surface area contributed by atoms with Gasteiger partial charge in [-0.05, 0) is 23.6 Å². The first kappa shape index (κ1) is 24.4. The molecule has 0 fully saturated rings. The van der Waals surface area contributed by atoms with E-state index in [1.807, 2.05) is 5.38 Å². The van der Waals surface area contributed by atoms with Gasteiger partial charge in [0.25, 0.3) is 5.56 Å². The third-order valence-corrected chi connectivity index (χ3v) is 5.68. The fourth-order valence-electron chi connectivity index (χ4n) is 2.20. The number of nitrogens with zero attached hydrogens (tertiary/aromatic N) is 2. The van der Waals surface area contributed by atoms with Gasteiger partial charge in [0.1, 0.15) is 4.83 Å². The number of benzene rings is 1. The molecule has 0 aliphatic carbocycles. The number of thiophene rings is 1. The van der Waals surface area contributed by atoms with E-state index in [-0.39, 0.29) is 5.56 Å².